The molecule has 0 spiro atoms. The monoisotopic (exact) mass is 414 g/mol. The van der Waals surface area contributed by atoms with Gasteiger partial charge < -0.3 is 19.9 Å². The summed E-state index contributed by atoms with van der Waals surface area (Å²) in [6, 6.07) is 13.8. The van der Waals surface area contributed by atoms with Crippen molar-refractivity contribution in [3.63, 3.8) is 0 Å². The molecule has 0 aliphatic carbocycles. The first-order valence-electron chi connectivity index (χ1n) is 10.2. The molecule has 160 valence electrons. The number of benzene rings is 2. The summed E-state index contributed by atoms with van der Waals surface area (Å²) in [5, 5.41) is 3.05. The Hall–Kier alpha value is -2.88. The fourth-order valence-corrected chi connectivity index (χ4v) is 3.79. The molecule has 2 aliphatic heterocycles. The zero-order chi connectivity index (χ0) is 20.9. The van der Waals surface area contributed by atoms with Crippen molar-refractivity contribution in [3.8, 4) is 5.75 Å². The van der Waals surface area contributed by atoms with Gasteiger partial charge in [0.1, 0.15) is 23.8 Å². The van der Waals surface area contributed by atoms with Crippen molar-refractivity contribution in [2.24, 2.45) is 0 Å². The fraction of sp³-hybridized carbons (Fsp3) is 0.381. The quantitative estimate of drug-likeness (QED) is 0.567. The van der Waals surface area contributed by atoms with Crippen molar-refractivity contribution in [1.29, 1.82) is 0 Å². The molecule has 0 radical (unpaired) electrons. The Labute approximate surface area is 175 Å². The summed E-state index contributed by atoms with van der Waals surface area (Å²) < 4.78 is 19.7. The third kappa shape index (κ3) is 4.33. The number of hydrogen-bond acceptors (Lipinski definition) is 7. The van der Waals surface area contributed by atoms with E-state index in [0.29, 0.717) is 25.4 Å². The van der Waals surface area contributed by atoms with Gasteiger partial charge in [0.2, 0.25) is 5.91 Å². The Kier molecular flexibility index (Phi) is 6.32. The van der Waals surface area contributed by atoms with E-state index in [4.69, 9.17) is 4.74 Å². The van der Waals surface area contributed by atoms with Crippen LogP contribution in [0.3, 0.4) is 0 Å². The molecule has 0 saturated carbocycles. The highest BCUT2D eigenvalue weighted by molar-refractivity contribution is 5.83. The van der Waals surface area contributed by atoms with Crippen LogP contribution in [0.25, 0.3) is 0 Å². The van der Waals surface area contributed by atoms with Crippen LogP contribution in [0.5, 0.6) is 5.75 Å². The lowest BCUT2D eigenvalue weighted by molar-refractivity contribution is -0.133. The van der Waals surface area contributed by atoms with E-state index in [9.17, 15) is 9.18 Å². The summed E-state index contributed by atoms with van der Waals surface area (Å²) in [6.07, 6.45) is -0.480. The zero-order valence-corrected chi connectivity index (χ0v) is 16.9. The summed E-state index contributed by atoms with van der Waals surface area (Å²) >= 11 is 0. The second-order valence-electron chi connectivity index (χ2n) is 7.21. The molecule has 4 rings (SSSR count). The van der Waals surface area contributed by atoms with Gasteiger partial charge in [0.05, 0.1) is 18.0 Å². The molecule has 8 nitrogen and oxygen atoms in total. The minimum atomic E-state index is -0.563. The van der Waals surface area contributed by atoms with Crippen LogP contribution in [0.1, 0.15) is 6.92 Å². The number of hydrogen-bond donors (Lipinski definition) is 4. The van der Waals surface area contributed by atoms with Gasteiger partial charge in [0, 0.05) is 26.2 Å². The smallest absolute Gasteiger partial charge is 0.244 e. The first-order chi connectivity index (χ1) is 14.7. The van der Waals surface area contributed by atoms with Crippen LogP contribution in [0, 0.1) is 5.82 Å². The first kappa shape index (κ1) is 20.4. The predicted octanol–water partition coefficient (Wildman–Crippen LogP) is 1.29. The highest BCUT2D eigenvalue weighted by Gasteiger charge is 2.37. The van der Waals surface area contributed by atoms with Gasteiger partial charge in [0.15, 0.2) is 0 Å². The minimum absolute atomic E-state index is 0.0425. The van der Waals surface area contributed by atoms with Crippen molar-refractivity contribution < 1.29 is 13.9 Å². The summed E-state index contributed by atoms with van der Waals surface area (Å²) in [7, 11) is 0. The standard InChI is InChI=1S/C21H27FN6O2/c1-2-30-18-10-6-5-9-17(18)27-11-13-28(14-12-27)21(29)19-20(25-26-24-19)23-16-8-4-3-7-15(16)22/h3-10,19-20,23-26H,2,11-14H2,1H3. The highest BCUT2D eigenvalue weighted by Crippen LogP contribution is 2.29. The van der Waals surface area contributed by atoms with Crippen molar-refractivity contribution in [2.75, 3.05) is 43.0 Å². The molecule has 2 fully saturated rings. The highest BCUT2D eigenvalue weighted by atomic mass is 19.1. The Morgan fingerprint density at radius 2 is 1.83 bits per heavy atom. The maximum Gasteiger partial charge on any atom is 0.244 e. The molecule has 0 bridgehead atoms. The lowest BCUT2D eigenvalue weighted by Gasteiger charge is -2.38. The molecule has 2 aliphatic rings. The number of para-hydroxylation sites is 3. The normalized spacial score (nSPS) is 21.5. The first-order valence-corrected chi connectivity index (χ1v) is 10.2. The van der Waals surface area contributed by atoms with E-state index in [0.717, 1.165) is 24.5 Å². The summed E-state index contributed by atoms with van der Waals surface area (Å²) in [5.41, 5.74) is 10.1. The van der Waals surface area contributed by atoms with E-state index < -0.39 is 12.2 Å². The molecule has 1 amide bonds. The van der Waals surface area contributed by atoms with Crippen LogP contribution in [-0.2, 0) is 4.79 Å². The SMILES string of the molecule is CCOc1ccccc1N1CCN(C(=O)C2NNNC2Nc2ccccc2F)CC1. The topological polar surface area (TPSA) is 80.9 Å². The van der Waals surface area contributed by atoms with Gasteiger partial charge in [-0.1, -0.05) is 24.3 Å². The van der Waals surface area contributed by atoms with Crippen LogP contribution in [0.15, 0.2) is 48.5 Å². The van der Waals surface area contributed by atoms with Crippen molar-refractivity contribution >= 4 is 17.3 Å². The Balaban J connectivity index is 1.37. The molecular formula is C21H27FN6O2. The van der Waals surface area contributed by atoms with Gasteiger partial charge in [-0.2, -0.15) is 5.53 Å². The lowest BCUT2D eigenvalue weighted by Crippen LogP contribution is -2.57. The van der Waals surface area contributed by atoms with Gasteiger partial charge in [-0.3, -0.25) is 4.79 Å². The number of piperazine rings is 1. The van der Waals surface area contributed by atoms with Crippen LogP contribution in [0.4, 0.5) is 15.8 Å². The second kappa shape index (κ2) is 9.29. The average Bonchev–Trinajstić information content (AvgIpc) is 3.24. The molecule has 2 unspecified atom stereocenters. The van der Waals surface area contributed by atoms with Crippen LogP contribution in [0.2, 0.25) is 0 Å². The molecule has 2 heterocycles. The van der Waals surface area contributed by atoms with E-state index in [1.807, 2.05) is 36.1 Å². The number of ether oxygens (including phenoxy) is 1. The summed E-state index contributed by atoms with van der Waals surface area (Å²) in [6.45, 7) is 5.21. The molecule has 2 saturated heterocycles. The molecular weight excluding hydrogens is 387 g/mol. The number of anilines is 2. The molecule has 2 atom stereocenters. The van der Waals surface area contributed by atoms with Crippen LogP contribution < -0.4 is 31.3 Å². The van der Waals surface area contributed by atoms with Gasteiger partial charge in [-0.15, -0.1) is 0 Å². The Morgan fingerprint density at radius 1 is 1.10 bits per heavy atom. The fourth-order valence-electron chi connectivity index (χ4n) is 3.79. The van der Waals surface area contributed by atoms with Gasteiger partial charge in [0.25, 0.3) is 0 Å². The lowest BCUT2D eigenvalue weighted by atomic mass is 10.1. The van der Waals surface area contributed by atoms with E-state index in [-0.39, 0.29) is 11.7 Å². The molecule has 4 N–H and O–H groups in total. The number of rotatable bonds is 6. The minimum Gasteiger partial charge on any atom is -0.492 e. The molecule has 2 aromatic rings. The number of nitrogens with zero attached hydrogens (tertiary/aromatic N) is 2. The van der Waals surface area contributed by atoms with Crippen molar-refractivity contribution in [2.45, 2.75) is 19.1 Å². The molecule has 9 heteroatoms. The second-order valence-corrected chi connectivity index (χ2v) is 7.21. The number of amides is 1. The zero-order valence-electron chi connectivity index (χ0n) is 16.9. The largest absolute Gasteiger partial charge is 0.492 e. The average molecular weight is 414 g/mol. The number of halogens is 1. The van der Waals surface area contributed by atoms with Crippen molar-refractivity contribution in [1.82, 2.24) is 21.3 Å². The third-order valence-electron chi connectivity index (χ3n) is 5.34. The molecule has 0 aromatic heterocycles. The van der Waals surface area contributed by atoms with Gasteiger partial charge in [-0.25, -0.2) is 15.2 Å². The molecule has 30 heavy (non-hydrogen) atoms. The van der Waals surface area contributed by atoms with Crippen LogP contribution in [-0.4, -0.2) is 55.8 Å². The number of carbonyl (C=O) groups excluding carboxylic acids is 1. The number of carbonyl (C=O) groups is 1. The van der Waals surface area contributed by atoms with E-state index >= 15 is 0 Å². The maximum atomic E-state index is 14.0. The maximum absolute atomic E-state index is 14.0. The van der Waals surface area contributed by atoms with E-state index in [1.165, 1.54) is 6.07 Å². The van der Waals surface area contributed by atoms with E-state index in [1.54, 1.807) is 18.2 Å². The number of hydrazine groups is 2. The Bertz CT molecular complexity index is 874. The summed E-state index contributed by atoms with van der Waals surface area (Å²) in [4.78, 5) is 17.2. The Morgan fingerprint density at radius 3 is 2.60 bits per heavy atom. The van der Waals surface area contributed by atoms with Gasteiger partial charge >= 0.3 is 0 Å². The predicted molar refractivity (Wildman–Crippen MR) is 113 cm³/mol. The molecule has 2 aromatic carbocycles. The van der Waals surface area contributed by atoms with E-state index in [2.05, 4.69) is 26.6 Å². The van der Waals surface area contributed by atoms with Gasteiger partial charge in [-0.05, 0) is 31.2 Å². The summed E-state index contributed by atoms with van der Waals surface area (Å²) in [5.74, 6) is 0.456. The van der Waals surface area contributed by atoms with Crippen molar-refractivity contribution in [3.05, 3.63) is 54.3 Å². The third-order valence-corrected chi connectivity index (χ3v) is 5.34. The number of nitrogens with one attached hydrogen (secondary N) is 4. The van der Waals surface area contributed by atoms with Crippen LogP contribution >= 0.6 is 0 Å².